The van der Waals surface area contributed by atoms with Crippen molar-refractivity contribution in [2.75, 3.05) is 25.6 Å². The average molecular weight is 488 g/mol. The van der Waals surface area contributed by atoms with Gasteiger partial charge in [0.2, 0.25) is 5.13 Å². The van der Waals surface area contributed by atoms with Crippen molar-refractivity contribution in [2.45, 2.75) is 32.7 Å². The van der Waals surface area contributed by atoms with Gasteiger partial charge in [0.05, 0.1) is 49.3 Å². The Morgan fingerprint density at radius 3 is 2.91 bits per heavy atom. The molecule has 0 aromatic carbocycles. The first kappa shape index (κ1) is 22.6. The lowest BCUT2D eigenvalue weighted by Crippen LogP contribution is -2.26. The topological polar surface area (TPSA) is 118 Å². The SMILES string of the molecule is COc1cnc(C)c(F)c1-c1cc(C)ncc1C(=O)Nc1nnc(O[C@@H]2CO[C@H]3OCC[C@H]32)s1. The fourth-order valence-corrected chi connectivity index (χ4v) is 4.71. The van der Waals surface area contributed by atoms with E-state index in [2.05, 4.69) is 25.5 Å². The molecular weight excluding hydrogens is 465 g/mol. The first-order valence-electron chi connectivity index (χ1n) is 10.7. The van der Waals surface area contributed by atoms with Gasteiger partial charge in [-0.1, -0.05) is 5.10 Å². The van der Waals surface area contributed by atoms with Crippen LogP contribution in [0.3, 0.4) is 0 Å². The third-order valence-electron chi connectivity index (χ3n) is 5.80. The number of carbonyl (C=O) groups is 1. The van der Waals surface area contributed by atoms with Gasteiger partial charge in [0.1, 0.15) is 11.9 Å². The van der Waals surface area contributed by atoms with Gasteiger partial charge >= 0.3 is 0 Å². The Hall–Kier alpha value is -3.22. The molecule has 0 saturated carbocycles. The lowest BCUT2D eigenvalue weighted by molar-refractivity contribution is -0.0906. The maximum Gasteiger partial charge on any atom is 0.296 e. The van der Waals surface area contributed by atoms with Gasteiger partial charge in [-0.05, 0) is 37.7 Å². The molecule has 2 fully saturated rings. The summed E-state index contributed by atoms with van der Waals surface area (Å²) >= 11 is 1.09. The van der Waals surface area contributed by atoms with E-state index in [0.29, 0.717) is 29.7 Å². The van der Waals surface area contributed by atoms with Gasteiger partial charge in [0.15, 0.2) is 12.1 Å². The van der Waals surface area contributed by atoms with Gasteiger partial charge in [-0.2, -0.15) is 0 Å². The van der Waals surface area contributed by atoms with Gasteiger partial charge in [0, 0.05) is 17.5 Å². The minimum absolute atomic E-state index is 0.140. The van der Waals surface area contributed by atoms with Crippen LogP contribution in [0, 0.1) is 25.6 Å². The number of hydrogen-bond donors (Lipinski definition) is 1. The van der Waals surface area contributed by atoms with E-state index in [9.17, 15) is 4.79 Å². The van der Waals surface area contributed by atoms with Crippen molar-refractivity contribution in [1.29, 1.82) is 0 Å². The van der Waals surface area contributed by atoms with Crippen LogP contribution in [-0.2, 0) is 9.47 Å². The number of amides is 1. The Morgan fingerprint density at radius 2 is 2.09 bits per heavy atom. The molecule has 1 amide bonds. The maximum absolute atomic E-state index is 15.1. The lowest BCUT2D eigenvalue weighted by atomic mass is 9.99. The first-order chi connectivity index (χ1) is 16.4. The summed E-state index contributed by atoms with van der Waals surface area (Å²) in [6, 6.07) is 1.63. The van der Waals surface area contributed by atoms with Crippen LogP contribution in [0.4, 0.5) is 9.52 Å². The molecule has 0 spiro atoms. The number of nitrogens with zero attached hydrogens (tertiary/aromatic N) is 4. The van der Waals surface area contributed by atoms with E-state index in [1.807, 2.05) is 0 Å². The summed E-state index contributed by atoms with van der Waals surface area (Å²) in [5.74, 6) is -0.729. The highest BCUT2D eigenvalue weighted by atomic mass is 32.1. The Balaban J connectivity index is 1.38. The molecule has 3 aromatic rings. The molecule has 2 aliphatic heterocycles. The van der Waals surface area contributed by atoms with Crippen LogP contribution in [-0.4, -0.2) is 58.8 Å². The molecule has 1 N–H and O–H groups in total. The van der Waals surface area contributed by atoms with Crippen LogP contribution in [0.15, 0.2) is 18.5 Å². The smallest absolute Gasteiger partial charge is 0.296 e. The first-order valence-corrected chi connectivity index (χ1v) is 11.5. The Kier molecular flexibility index (Phi) is 6.11. The molecular formula is C22H22FN5O5S. The van der Waals surface area contributed by atoms with E-state index in [-0.39, 0.29) is 46.0 Å². The normalized spacial score (nSPS) is 21.4. The number of fused-ring (bicyclic) bond motifs is 1. The number of carbonyl (C=O) groups excluding carboxylic acids is 1. The van der Waals surface area contributed by atoms with Gasteiger partial charge in [-0.3, -0.25) is 20.1 Å². The van der Waals surface area contributed by atoms with Crippen LogP contribution in [0.5, 0.6) is 10.9 Å². The second-order valence-electron chi connectivity index (χ2n) is 7.98. The predicted octanol–water partition coefficient (Wildman–Crippen LogP) is 3.15. The molecule has 0 aliphatic carbocycles. The molecule has 3 atom stereocenters. The second kappa shape index (κ2) is 9.20. The summed E-state index contributed by atoms with van der Waals surface area (Å²) in [7, 11) is 1.42. The van der Waals surface area contributed by atoms with Crippen molar-refractivity contribution in [1.82, 2.24) is 20.2 Å². The lowest BCUT2D eigenvalue weighted by Gasteiger charge is -2.15. The van der Waals surface area contributed by atoms with Crippen molar-refractivity contribution in [2.24, 2.45) is 5.92 Å². The molecule has 178 valence electrons. The molecule has 0 radical (unpaired) electrons. The zero-order valence-corrected chi connectivity index (χ0v) is 19.5. The van der Waals surface area contributed by atoms with Gasteiger partial charge < -0.3 is 18.9 Å². The van der Waals surface area contributed by atoms with Crippen LogP contribution in [0.25, 0.3) is 11.1 Å². The number of hydrogen-bond acceptors (Lipinski definition) is 10. The fraction of sp³-hybridized carbons (Fsp3) is 0.409. The highest BCUT2D eigenvalue weighted by Gasteiger charge is 2.43. The third kappa shape index (κ3) is 4.19. The Labute approximate surface area is 198 Å². The molecule has 12 heteroatoms. The molecule has 34 heavy (non-hydrogen) atoms. The minimum atomic E-state index is -0.571. The quantitative estimate of drug-likeness (QED) is 0.559. The standard InChI is InChI=1S/C22H22FN5O5S/c1-10-6-13(17-15(30-3)8-25-11(2)18(17)23)14(7-24-10)19(29)26-21-27-28-22(34-21)33-16-9-32-20-12(16)4-5-31-20/h6-8,12,16,20H,4-5,9H2,1-3H3,(H,26,27,29)/t12-,16+,20+/m0/s1. The van der Waals surface area contributed by atoms with Crippen molar-refractivity contribution >= 4 is 22.4 Å². The summed E-state index contributed by atoms with van der Waals surface area (Å²) in [5, 5.41) is 11.3. The average Bonchev–Trinajstić information content (AvgIpc) is 3.55. The van der Waals surface area contributed by atoms with Crippen LogP contribution >= 0.6 is 11.3 Å². The highest BCUT2D eigenvalue weighted by Crippen LogP contribution is 2.37. The Morgan fingerprint density at radius 1 is 1.24 bits per heavy atom. The van der Waals surface area contributed by atoms with Gasteiger partial charge in [-0.15, -0.1) is 5.10 Å². The van der Waals surface area contributed by atoms with Crippen LogP contribution < -0.4 is 14.8 Å². The monoisotopic (exact) mass is 487 g/mol. The molecule has 10 nitrogen and oxygen atoms in total. The summed E-state index contributed by atoms with van der Waals surface area (Å²) in [6.45, 7) is 4.35. The van der Waals surface area contributed by atoms with Crippen molar-refractivity contribution in [3.05, 3.63) is 41.2 Å². The number of pyridine rings is 2. The predicted molar refractivity (Wildman–Crippen MR) is 120 cm³/mol. The van der Waals surface area contributed by atoms with Crippen molar-refractivity contribution in [3.8, 4) is 22.1 Å². The largest absolute Gasteiger partial charge is 0.494 e. The Bertz CT molecular complexity index is 1240. The fourth-order valence-electron chi connectivity index (χ4n) is 4.07. The van der Waals surface area contributed by atoms with Crippen molar-refractivity contribution < 1.29 is 28.1 Å². The van der Waals surface area contributed by atoms with E-state index < -0.39 is 11.7 Å². The summed E-state index contributed by atoms with van der Waals surface area (Å²) in [4.78, 5) is 21.4. The molecule has 2 saturated heterocycles. The van der Waals surface area contributed by atoms with Crippen molar-refractivity contribution in [3.63, 3.8) is 0 Å². The summed E-state index contributed by atoms with van der Waals surface area (Å²) < 4.78 is 37.4. The van der Waals surface area contributed by atoms with E-state index in [0.717, 1.165) is 17.8 Å². The van der Waals surface area contributed by atoms with Crippen LogP contribution in [0.2, 0.25) is 0 Å². The van der Waals surface area contributed by atoms with Crippen LogP contribution in [0.1, 0.15) is 28.2 Å². The summed E-state index contributed by atoms with van der Waals surface area (Å²) in [6.07, 6.45) is 3.26. The molecule has 3 aromatic heterocycles. The summed E-state index contributed by atoms with van der Waals surface area (Å²) in [5.41, 5.74) is 1.43. The number of aromatic nitrogens is 4. The number of aryl methyl sites for hydroxylation is 2. The number of rotatable bonds is 6. The molecule has 2 aliphatic rings. The second-order valence-corrected chi connectivity index (χ2v) is 8.92. The minimum Gasteiger partial charge on any atom is -0.494 e. The number of ether oxygens (including phenoxy) is 4. The van der Waals surface area contributed by atoms with E-state index >= 15 is 4.39 Å². The van der Waals surface area contributed by atoms with E-state index in [1.165, 1.54) is 19.5 Å². The number of nitrogens with one attached hydrogen (secondary N) is 1. The number of methoxy groups -OCH3 is 1. The number of halogens is 1. The molecule has 5 rings (SSSR count). The van der Waals surface area contributed by atoms with E-state index in [4.69, 9.17) is 18.9 Å². The molecule has 5 heterocycles. The zero-order valence-electron chi connectivity index (χ0n) is 18.7. The van der Waals surface area contributed by atoms with E-state index in [1.54, 1.807) is 19.9 Å². The highest BCUT2D eigenvalue weighted by molar-refractivity contribution is 7.17. The maximum atomic E-state index is 15.1. The van der Waals surface area contributed by atoms with Gasteiger partial charge in [0.25, 0.3) is 11.1 Å². The number of anilines is 1. The third-order valence-corrected chi connectivity index (χ3v) is 6.53. The molecule has 0 unspecified atom stereocenters. The van der Waals surface area contributed by atoms with Gasteiger partial charge in [-0.25, -0.2) is 4.39 Å². The zero-order chi connectivity index (χ0) is 23.8. The molecule has 0 bridgehead atoms.